The Morgan fingerprint density at radius 2 is 2.44 bits per heavy atom. The molecular formula is C12H19ClN2O2S. The SMILES string of the molecule is CNCC1CCCN1C(=O)c1sccc1OC.Cl. The predicted molar refractivity (Wildman–Crippen MR) is 76.1 cm³/mol. The molecular weight excluding hydrogens is 272 g/mol. The Hall–Kier alpha value is -0.780. The van der Waals surface area contributed by atoms with Crippen LogP contribution in [0.1, 0.15) is 22.5 Å². The first-order valence-corrected chi connectivity index (χ1v) is 6.73. The second-order valence-electron chi connectivity index (χ2n) is 4.17. The zero-order valence-corrected chi connectivity index (χ0v) is 12.3. The highest BCUT2D eigenvalue weighted by atomic mass is 35.5. The summed E-state index contributed by atoms with van der Waals surface area (Å²) in [6, 6.07) is 2.17. The number of thiophene rings is 1. The molecule has 1 aliphatic heterocycles. The summed E-state index contributed by atoms with van der Waals surface area (Å²) in [6.45, 7) is 1.71. The van der Waals surface area contributed by atoms with Crippen LogP contribution in [0.4, 0.5) is 0 Å². The molecule has 2 heterocycles. The lowest BCUT2D eigenvalue weighted by Gasteiger charge is -2.24. The van der Waals surface area contributed by atoms with Crippen molar-refractivity contribution < 1.29 is 9.53 Å². The highest BCUT2D eigenvalue weighted by Gasteiger charge is 2.30. The number of likely N-dealkylation sites (N-methyl/N-ethyl adjacent to an activating group) is 1. The molecule has 4 nitrogen and oxygen atoms in total. The Labute approximate surface area is 118 Å². The summed E-state index contributed by atoms with van der Waals surface area (Å²) in [6.07, 6.45) is 2.17. The van der Waals surface area contributed by atoms with E-state index in [1.165, 1.54) is 11.3 Å². The summed E-state index contributed by atoms with van der Waals surface area (Å²) >= 11 is 1.45. The van der Waals surface area contributed by atoms with E-state index in [2.05, 4.69) is 5.32 Å². The van der Waals surface area contributed by atoms with Crippen molar-refractivity contribution in [1.29, 1.82) is 0 Å². The molecule has 0 spiro atoms. The summed E-state index contributed by atoms with van der Waals surface area (Å²) < 4.78 is 5.21. The third-order valence-electron chi connectivity index (χ3n) is 3.12. The maximum Gasteiger partial charge on any atom is 0.268 e. The first-order valence-electron chi connectivity index (χ1n) is 5.85. The molecule has 0 saturated carbocycles. The van der Waals surface area contributed by atoms with Gasteiger partial charge < -0.3 is 15.0 Å². The van der Waals surface area contributed by atoms with Crippen LogP contribution in [0.15, 0.2) is 11.4 Å². The first-order chi connectivity index (χ1) is 8.27. The maximum absolute atomic E-state index is 12.4. The van der Waals surface area contributed by atoms with Gasteiger partial charge in [-0.15, -0.1) is 23.7 Å². The molecule has 0 aromatic carbocycles. The van der Waals surface area contributed by atoms with Gasteiger partial charge in [-0.2, -0.15) is 0 Å². The molecule has 1 atom stereocenters. The van der Waals surface area contributed by atoms with Gasteiger partial charge in [0.25, 0.3) is 5.91 Å². The van der Waals surface area contributed by atoms with Gasteiger partial charge in [0.2, 0.25) is 0 Å². The van der Waals surface area contributed by atoms with Gasteiger partial charge in [0.15, 0.2) is 0 Å². The number of hydrogen-bond donors (Lipinski definition) is 1. The molecule has 18 heavy (non-hydrogen) atoms. The lowest BCUT2D eigenvalue weighted by Crippen LogP contribution is -2.40. The third-order valence-corrected chi connectivity index (χ3v) is 4.00. The van der Waals surface area contributed by atoms with E-state index in [4.69, 9.17) is 4.74 Å². The van der Waals surface area contributed by atoms with E-state index in [0.717, 1.165) is 30.8 Å². The van der Waals surface area contributed by atoms with E-state index in [1.807, 2.05) is 23.4 Å². The smallest absolute Gasteiger partial charge is 0.268 e. The second-order valence-corrected chi connectivity index (χ2v) is 5.09. The molecule has 6 heteroatoms. The van der Waals surface area contributed by atoms with Crippen LogP contribution in [0.25, 0.3) is 0 Å². The molecule has 2 rings (SSSR count). The van der Waals surface area contributed by atoms with E-state index in [0.29, 0.717) is 11.8 Å². The van der Waals surface area contributed by atoms with Crippen LogP contribution in [0.2, 0.25) is 0 Å². The van der Waals surface area contributed by atoms with Gasteiger partial charge >= 0.3 is 0 Å². The van der Waals surface area contributed by atoms with Crippen LogP contribution < -0.4 is 10.1 Å². The van der Waals surface area contributed by atoms with Crippen LogP contribution in [0.5, 0.6) is 5.75 Å². The normalized spacial score (nSPS) is 18.6. The number of carbonyl (C=O) groups is 1. The minimum atomic E-state index is 0. The van der Waals surface area contributed by atoms with Crippen molar-refractivity contribution in [2.75, 3.05) is 27.2 Å². The Balaban J connectivity index is 0.00000162. The molecule has 1 aliphatic rings. The lowest BCUT2D eigenvalue weighted by atomic mass is 10.2. The number of rotatable bonds is 4. The minimum absolute atomic E-state index is 0. The summed E-state index contributed by atoms with van der Waals surface area (Å²) in [4.78, 5) is 15.1. The van der Waals surface area contributed by atoms with Crippen molar-refractivity contribution in [2.24, 2.45) is 0 Å². The topological polar surface area (TPSA) is 41.6 Å². The van der Waals surface area contributed by atoms with Crippen molar-refractivity contribution in [3.8, 4) is 5.75 Å². The van der Waals surface area contributed by atoms with Gasteiger partial charge in [0.05, 0.1) is 7.11 Å². The standard InChI is InChI=1S/C12H18N2O2S.ClH/c1-13-8-9-4-3-6-14(9)12(15)11-10(16-2)5-7-17-11;/h5,7,9,13H,3-4,6,8H2,1-2H3;1H. The highest BCUT2D eigenvalue weighted by Crippen LogP contribution is 2.28. The molecule has 1 saturated heterocycles. The largest absolute Gasteiger partial charge is 0.495 e. The number of methoxy groups -OCH3 is 1. The van der Waals surface area contributed by atoms with Crippen LogP contribution in [-0.2, 0) is 0 Å². The average molecular weight is 291 g/mol. The van der Waals surface area contributed by atoms with Gasteiger partial charge in [-0.3, -0.25) is 4.79 Å². The van der Waals surface area contributed by atoms with Gasteiger partial charge in [0.1, 0.15) is 10.6 Å². The summed E-state index contributed by atoms with van der Waals surface area (Å²) in [5.74, 6) is 0.796. The number of ether oxygens (including phenoxy) is 1. The van der Waals surface area contributed by atoms with Crippen LogP contribution in [-0.4, -0.2) is 44.1 Å². The summed E-state index contributed by atoms with van der Waals surface area (Å²) in [5, 5.41) is 5.04. The number of hydrogen-bond acceptors (Lipinski definition) is 4. The zero-order chi connectivity index (χ0) is 12.3. The maximum atomic E-state index is 12.4. The fraction of sp³-hybridized carbons (Fsp3) is 0.583. The number of nitrogens with one attached hydrogen (secondary N) is 1. The van der Waals surface area contributed by atoms with Crippen LogP contribution in [0, 0.1) is 0 Å². The monoisotopic (exact) mass is 290 g/mol. The fourth-order valence-corrected chi connectivity index (χ4v) is 3.11. The predicted octanol–water partition coefficient (Wildman–Crippen LogP) is 2.00. The fourth-order valence-electron chi connectivity index (χ4n) is 2.30. The van der Waals surface area contributed by atoms with Crippen LogP contribution >= 0.6 is 23.7 Å². The van der Waals surface area contributed by atoms with Gasteiger partial charge in [0, 0.05) is 19.1 Å². The molecule has 1 amide bonds. The van der Waals surface area contributed by atoms with Crippen LogP contribution in [0.3, 0.4) is 0 Å². The van der Waals surface area contributed by atoms with Crippen molar-refractivity contribution in [2.45, 2.75) is 18.9 Å². The average Bonchev–Trinajstić information content (AvgIpc) is 2.96. The number of likely N-dealkylation sites (tertiary alicyclic amines) is 1. The van der Waals surface area contributed by atoms with Gasteiger partial charge in [-0.25, -0.2) is 0 Å². The third kappa shape index (κ3) is 2.96. The van der Waals surface area contributed by atoms with Gasteiger partial charge in [-0.05, 0) is 31.3 Å². The van der Waals surface area contributed by atoms with E-state index >= 15 is 0 Å². The van der Waals surface area contributed by atoms with Crippen molar-refractivity contribution in [3.05, 3.63) is 16.3 Å². The first kappa shape index (κ1) is 15.3. The van der Waals surface area contributed by atoms with Gasteiger partial charge in [-0.1, -0.05) is 0 Å². The number of carbonyl (C=O) groups excluding carboxylic acids is 1. The Morgan fingerprint density at radius 3 is 3.11 bits per heavy atom. The van der Waals surface area contributed by atoms with Crippen molar-refractivity contribution in [1.82, 2.24) is 10.2 Å². The Morgan fingerprint density at radius 1 is 1.67 bits per heavy atom. The second kappa shape index (κ2) is 6.97. The zero-order valence-electron chi connectivity index (χ0n) is 10.6. The van der Waals surface area contributed by atoms with Crippen molar-refractivity contribution in [3.63, 3.8) is 0 Å². The number of amides is 1. The minimum Gasteiger partial charge on any atom is -0.495 e. The lowest BCUT2D eigenvalue weighted by molar-refractivity contribution is 0.0739. The van der Waals surface area contributed by atoms with E-state index < -0.39 is 0 Å². The Kier molecular flexibility index (Phi) is 5.91. The molecule has 102 valence electrons. The molecule has 0 aliphatic carbocycles. The quantitative estimate of drug-likeness (QED) is 0.922. The number of nitrogens with zero attached hydrogens (tertiary/aromatic N) is 1. The summed E-state index contributed by atoms with van der Waals surface area (Å²) in [5.41, 5.74) is 0. The molecule has 1 aromatic heterocycles. The molecule has 0 bridgehead atoms. The van der Waals surface area contributed by atoms with E-state index in [-0.39, 0.29) is 18.3 Å². The van der Waals surface area contributed by atoms with E-state index in [9.17, 15) is 4.79 Å². The van der Waals surface area contributed by atoms with E-state index in [1.54, 1.807) is 7.11 Å². The highest BCUT2D eigenvalue weighted by molar-refractivity contribution is 7.12. The summed E-state index contributed by atoms with van der Waals surface area (Å²) in [7, 11) is 3.53. The molecule has 1 N–H and O–H groups in total. The Bertz CT molecular complexity index is 397. The molecule has 1 aromatic rings. The number of halogens is 1. The molecule has 1 unspecified atom stereocenters. The molecule has 0 radical (unpaired) electrons. The van der Waals surface area contributed by atoms with Crippen molar-refractivity contribution >= 4 is 29.7 Å². The molecule has 1 fully saturated rings.